The van der Waals surface area contributed by atoms with Crippen molar-refractivity contribution in [1.29, 1.82) is 0 Å². The van der Waals surface area contributed by atoms with E-state index in [4.69, 9.17) is 4.52 Å². The third kappa shape index (κ3) is 2.76. The number of para-hydroxylation sites is 1. The van der Waals surface area contributed by atoms with Gasteiger partial charge in [0.1, 0.15) is 5.76 Å². The molecule has 1 aliphatic rings. The molecule has 0 spiro atoms. The van der Waals surface area contributed by atoms with Crippen molar-refractivity contribution >= 4 is 11.7 Å². The lowest BCUT2D eigenvalue weighted by molar-refractivity contribution is -0.136. The van der Waals surface area contributed by atoms with Gasteiger partial charge in [-0.15, -0.1) is 0 Å². The summed E-state index contributed by atoms with van der Waals surface area (Å²) in [5.41, 5.74) is -0.354. The summed E-state index contributed by atoms with van der Waals surface area (Å²) in [7, 11) is 0. The number of carbonyl (C=O) groups excluding carboxylic acids is 1. The Hall–Kier alpha value is -2.51. The Kier molecular flexibility index (Phi) is 3.51. The maximum absolute atomic E-state index is 12.9. The third-order valence-corrected chi connectivity index (χ3v) is 3.46. The highest BCUT2D eigenvalue weighted by Crippen LogP contribution is 2.34. The van der Waals surface area contributed by atoms with Gasteiger partial charge in [0.25, 0.3) is 0 Å². The number of hydrogen-bond donors (Lipinski definition) is 1. The molecule has 0 unspecified atom stereocenters. The number of fused-ring (bicyclic) bond motifs is 1. The number of nitrogens with zero attached hydrogens (tertiary/aromatic N) is 2. The molecule has 0 fully saturated rings. The Morgan fingerprint density at radius 2 is 2.09 bits per heavy atom. The van der Waals surface area contributed by atoms with E-state index in [1.54, 1.807) is 0 Å². The summed E-state index contributed by atoms with van der Waals surface area (Å²) in [6.07, 6.45) is -2.52. The van der Waals surface area contributed by atoms with E-state index in [0.29, 0.717) is 18.7 Å². The molecular weight excluding hydrogens is 299 g/mol. The van der Waals surface area contributed by atoms with E-state index < -0.39 is 17.8 Å². The van der Waals surface area contributed by atoms with Gasteiger partial charge in [-0.05, 0) is 12.1 Å². The predicted octanol–water partition coefficient (Wildman–Crippen LogP) is 3.28. The summed E-state index contributed by atoms with van der Waals surface area (Å²) in [6, 6.07) is 4.31. The quantitative estimate of drug-likeness (QED) is 0.879. The zero-order chi connectivity index (χ0) is 15.7. The number of amides is 2. The lowest BCUT2D eigenvalue weighted by Crippen LogP contribution is -2.38. The number of benzene rings is 1. The highest BCUT2D eigenvalue weighted by molar-refractivity contribution is 5.90. The van der Waals surface area contributed by atoms with Crippen molar-refractivity contribution in [2.75, 3.05) is 11.9 Å². The average molecular weight is 311 g/mol. The number of hydrogen-bond acceptors (Lipinski definition) is 3. The Bertz CT molecular complexity index is 697. The third-order valence-electron chi connectivity index (χ3n) is 3.46. The van der Waals surface area contributed by atoms with Gasteiger partial charge in [0.05, 0.1) is 24.0 Å². The fourth-order valence-corrected chi connectivity index (χ4v) is 2.35. The molecule has 0 saturated carbocycles. The number of aromatic nitrogens is 1. The first kappa shape index (κ1) is 14.4. The Balaban J connectivity index is 1.76. The molecule has 1 aromatic heterocycles. The van der Waals surface area contributed by atoms with E-state index in [0.717, 1.165) is 11.6 Å². The molecule has 1 N–H and O–H groups in total. The Labute approximate surface area is 123 Å². The van der Waals surface area contributed by atoms with Crippen molar-refractivity contribution < 1.29 is 22.5 Å². The van der Waals surface area contributed by atoms with E-state index >= 15 is 0 Å². The van der Waals surface area contributed by atoms with Gasteiger partial charge in [-0.25, -0.2) is 4.79 Å². The van der Waals surface area contributed by atoms with Crippen molar-refractivity contribution in [3.8, 4) is 0 Å². The molecule has 3 rings (SSSR count). The fourth-order valence-electron chi connectivity index (χ4n) is 2.35. The van der Waals surface area contributed by atoms with Crippen molar-refractivity contribution in [1.82, 2.24) is 10.1 Å². The van der Waals surface area contributed by atoms with Crippen LogP contribution in [0.25, 0.3) is 0 Å². The van der Waals surface area contributed by atoms with E-state index in [1.165, 1.54) is 29.3 Å². The van der Waals surface area contributed by atoms with Gasteiger partial charge in [0.2, 0.25) is 0 Å². The Morgan fingerprint density at radius 3 is 2.86 bits per heavy atom. The van der Waals surface area contributed by atoms with Crippen LogP contribution in [0.1, 0.15) is 16.9 Å². The minimum absolute atomic E-state index is 0.254. The molecule has 1 aromatic carbocycles. The van der Waals surface area contributed by atoms with Crippen molar-refractivity contribution in [3.63, 3.8) is 0 Å². The molecule has 0 aliphatic carbocycles. The number of alkyl halides is 3. The van der Waals surface area contributed by atoms with Gasteiger partial charge in [-0.1, -0.05) is 17.3 Å². The first-order valence-corrected chi connectivity index (χ1v) is 6.60. The predicted molar refractivity (Wildman–Crippen MR) is 71.1 cm³/mol. The molecule has 0 bridgehead atoms. The molecular formula is C14H12F3N3O2. The lowest BCUT2D eigenvalue weighted by atomic mass is 10.1. The van der Waals surface area contributed by atoms with Crippen LogP contribution in [0, 0.1) is 0 Å². The normalized spacial score (nSPS) is 14.6. The minimum atomic E-state index is -4.52. The van der Waals surface area contributed by atoms with Gasteiger partial charge in [0.15, 0.2) is 0 Å². The van der Waals surface area contributed by atoms with E-state index in [-0.39, 0.29) is 12.2 Å². The smallest absolute Gasteiger partial charge is 0.361 e. The molecule has 2 heterocycles. The molecule has 2 amide bonds. The molecule has 0 atom stereocenters. The molecule has 116 valence electrons. The molecule has 0 radical (unpaired) electrons. The second-order valence-corrected chi connectivity index (χ2v) is 4.92. The topological polar surface area (TPSA) is 58.4 Å². The van der Waals surface area contributed by atoms with Crippen LogP contribution >= 0.6 is 0 Å². The highest BCUT2D eigenvalue weighted by atomic mass is 19.4. The first-order chi connectivity index (χ1) is 10.4. The Morgan fingerprint density at radius 1 is 1.32 bits per heavy atom. The van der Waals surface area contributed by atoms with E-state index in [1.807, 2.05) is 0 Å². The molecule has 8 heteroatoms. The zero-order valence-electron chi connectivity index (χ0n) is 11.4. The average Bonchev–Trinajstić information content (AvgIpc) is 2.94. The van der Waals surface area contributed by atoms with Crippen LogP contribution in [0.4, 0.5) is 23.7 Å². The van der Waals surface area contributed by atoms with Gasteiger partial charge in [0, 0.05) is 18.5 Å². The maximum atomic E-state index is 12.9. The molecule has 2 aromatic rings. The largest absolute Gasteiger partial charge is 0.418 e. The number of anilines is 1. The number of nitrogens with one attached hydrogen (secondary N) is 1. The highest BCUT2D eigenvalue weighted by Gasteiger charge is 2.34. The van der Waals surface area contributed by atoms with Gasteiger partial charge < -0.3 is 14.7 Å². The summed E-state index contributed by atoms with van der Waals surface area (Å²) in [5, 5.41) is 5.97. The van der Waals surface area contributed by atoms with Crippen LogP contribution < -0.4 is 5.32 Å². The van der Waals surface area contributed by atoms with E-state index in [2.05, 4.69) is 10.5 Å². The van der Waals surface area contributed by atoms with Crippen LogP contribution in [-0.2, 0) is 19.1 Å². The second-order valence-electron chi connectivity index (χ2n) is 4.92. The monoisotopic (exact) mass is 311 g/mol. The van der Waals surface area contributed by atoms with Crippen LogP contribution in [0.3, 0.4) is 0 Å². The van der Waals surface area contributed by atoms with E-state index in [9.17, 15) is 18.0 Å². The zero-order valence-corrected chi connectivity index (χ0v) is 11.4. The fraction of sp³-hybridized carbons (Fsp3) is 0.286. The van der Waals surface area contributed by atoms with Gasteiger partial charge in [-0.2, -0.15) is 13.2 Å². The van der Waals surface area contributed by atoms with Crippen LogP contribution in [0.5, 0.6) is 0 Å². The summed E-state index contributed by atoms with van der Waals surface area (Å²) >= 11 is 0. The first-order valence-electron chi connectivity index (χ1n) is 6.60. The van der Waals surface area contributed by atoms with Crippen LogP contribution in [0.2, 0.25) is 0 Å². The summed E-state index contributed by atoms with van der Waals surface area (Å²) < 4.78 is 43.7. The minimum Gasteiger partial charge on any atom is -0.361 e. The van der Waals surface area contributed by atoms with Crippen molar-refractivity contribution in [3.05, 3.63) is 47.3 Å². The number of rotatable bonds is 1. The molecule has 5 nitrogen and oxygen atoms in total. The number of carbonyl (C=O) groups is 1. The molecule has 22 heavy (non-hydrogen) atoms. The second kappa shape index (κ2) is 5.36. The standard InChI is InChI=1S/C14H12F3N3O2/c15-14(16,17)10-3-1-2-4-11(10)19-13(21)20-6-5-12-9(8-20)7-18-22-12/h1-4,7H,5-6,8H2,(H,19,21). The SMILES string of the molecule is O=C(Nc1ccccc1C(F)(F)F)N1CCc2oncc2C1. The molecule has 1 aliphatic heterocycles. The summed E-state index contributed by atoms with van der Waals surface area (Å²) in [6.45, 7) is 0.626. The number of urea groups is 1. The van der Waals surface area contributed by atoms with Crippen molar-refractivity contribution in [2.24, 2.45) is 0 Å². The maximum Gasteiger partial charge on any atom is 0.418 e. The van der Waals surface area contributed by atoms with Crippen LogP contribution in [-0.4, -0.2) is 22.6 Å². The lowest BCUT2D eigenvalue weighted by Gasteiger charge is -2.26. The summed E-state index contributed by atoms with van der Waals surface area (Å²) in [4.78, 5) is 13.6. The summed E-state index contributed by atoms with van der Waals surface area (Å²) in [5.74, 6) is 0.708. The van der Waals surface area contributed by atoms with Crippen LogP contribution in [0.15, 0.2) is 35.0 Å². The molecule has 0 saturated heterocycles. The van der Waals surface area contributed by atoms with Gasteiger partial charge >= 0.3 is 12.2 Å². The van der Waals surface area contributed by atoms with Gasteiger partial charge in [-0.3, -0.25) is 0 Å². The van der Waals surface area contributed by atoms with Crippen molar-refractivity contribution in [2.45, 2.75) is 19.1 Å². The number of halogens is 3.